The molecule has 0 spiro atoms. The molecule has 0 aromatic heterocycles. The molecule has 1 aromatic rings. The van der Waals surface area contributed by atoms with E-state index in [9.17, 15) is 0 Å². The first-order valence-electron chi connectivity index (χ1n) is 6.34. The van der Waals surface area contributed by atoms with Gasteiger partial charge >= 0.3 is 0 Å². The molecule has 0 fully saturated rings. The molecule has 0 nitrogen and oxygen atoms in total. The number of aryl methyl sites for hydroxylation is 2. The first kappa shape index (κ1) is 13.8. The molecule has 0 amide bonds. The summed E-state index contributed by atoms with van der Waals surface area (Å²) >= 11 is 3.75. The summed E-state index contributed by atoms with van der Waals surface area (Å²) in [5, 5.41) is 0. The quantitative estimate of drug-likeness (QED) is 0.630. The number of benzene rings is 1. The third-order valence-corrected chi connectivity index (χ3v) is 4.11. The molecule has 0 saturated carbocycles. The maximum atomic E-state index is 3.75. The number of hydrogen-bond donors (Lipinski definition) is 0. The van der Waals surface area contributed by atoms with Gasteiger partial charge in [0.2, 0.25) is 0 Å². The number of alkyl halides is 1. The zero-order valence-corrected chi connectivity index (χ0v) is 12.3. The standard InChI is InChI=1S/C15H23Br/c1-4-7-14(16)10-6-11-15-12(2)8-5-9-13(15)3/h5,8-9,14H,4,6-7,10-11H2,1-3H3. The van der Waals surface area contributed by atoms with Gasteiger partial charge in [0.1, 0.15) is 0 Å². The van der Waals surface area contributed by atoms with Gasteiger partial charge < -0.3 is 0 Å². The van der Waals surface area contributed by atoms with Crippen LogP contribution < -0.4 is 0 Å². The maximum Gasteiger partial charge on any atom is 0.0145 e. The normalized spacial score (nSPS) is 12.8. The number of halogens is 1. The number of hydrogen-bond acceptors (Lipinski definition) is 0. The molecule has 0 heterocycles. The largest absolute Gasteiger partial charge is 0.0891 e. The molecular formula is C15H23Br. The summed E-state index contributed by atoms with van der Waals surface area (Å²) in [6, 6.07) is 6.60. The van der Waals surface area contributed by atoms with Gasteiger partial charge in [-0.2, -0.15) is 0 Å². The van der Waals surface area contributed by atoms with Crippen molar-refractivity contribution < 1.29 is 0 Å². The lowest BCUT2D eigenvalue weighted by Gasteiger charge is -2.11. The van der Waals surface area contributed by atoms with Gasteiger partial charge in [0, 0.05) is 4.83 Å². The predicted octanol–water partition coefficient (Wildman–Crippen LogP) is 5.19. The number of rotatable bonds is 6. The van der Waals surface area contributed by atoms with Gasteiger partial charge in [-0.25, -0.2) is 0 Å². The zero-order chi connectivity index (χ0) is 12.0. The lowest BCUT2D eigenvalue weighted by atomic mass is 9.97. The van der Waals surface area contributed by atoms with Gasteiger partial charge in [0.25, 0.3) is 0 Å². The Morgan fingerprint density at radius 1 is 1.12 bits per heavy atom. The fourth-order valence-corrected chi connectivity index (χ4v) is 2.98. The van der Waals surface area contributed by atoms with Gasteiger partial charge in [-0.15, -0.1) is 0 Å². The van der Waals surface area contributed by atoms with E-state index < -0.39 is 0 Å². The minimum absolute atomic E-state index is 0.710. The van der Waals surface area contributed by atoms with Crippen molar-refractivity contribution in [2.24, 2.45) is 0 Å². The summed E-state index contributed by atoms with van der Waals surface area (Å²) in [6.45, 7) is 6.69. The van der Waals surface area contributed by atoms with Crippen LogP contribution in [0.4, 0.5) is 0 Å². The SMILES string of the molecule is CCCC(Br)CCCc1c(C)cccc1C. The summed E-state index contributed by atoms with van der Waals surface area (Å²) in [5.74, 6) is 0. The first-order valence-corrected chi connectivity index (χ1v) is 7.26. The highest BCUT2D eigenvalue weighted by atomic mass is 79.9. The van der Waals surface area contributed by atoms with E-state index in [4.69, 9.17) is 0 Å². The van der Waals surface area contributed by atoms with Crippen LogP contribution in [0.25, 0.3) is 0 Å². The summed E-state index contributed by atoms with van der Waals surface area (Å²) in [6.07, 6.45) is 6.39. The van der Waals surface area contributed by atoms with Crippen LogP contribution >= 0.6 is 15.9 Å². The third-order valence-electron chi connectivity index (χ3n) is 3.19. The second-order valence-electron chi connectivity index (χ2n) is 4.65. The minimum Gasteiger partial charge on any atom is -0.0891 e. The molecule has 16 heavy (non-hydrogen) atoms. The van der Waals surface area contributed by atoms with E-state index in [0.717, 1.165) is 0 Å². The topological polar surface area (TPSA) is 0 Å². The highest BCUT2D eigenvalue weighted by Crippen LogP contribution is 2.19. The Morgan fingerprint density at radius 3 is 2.31 bits per heavy atom. The highest BCUT2D eigenvalue weighted by molar-refractivity contribution is 9.09. The first-order chi connectivity index (χ1) is 7.65. The molecule has 0 aliphatic carbocycles. The average Bonchev–Trinajstić information content (AvgIpc) is 2.23. The molecule has 1 rings (SSSR count). The Hall–Kier alpha value is -0.300. The molecule has 1 unspecified atom stereocenters. The van der Waals surface area contributed by atoms with Crippen molar-refractivity contribution in [3.05, 3.63) is 34.9 Å². The van der Waals surface area contributed by atoms with Crippen LogP contribution in [-0.4, -0.2) is 4.83 Å². The maximum absolute atomic E-state index is 3.75. The van der Waals surface area contributed by atoms with Crippen LogP contribution in [0.5, 0.6) is 0 Å². The zero-order valence-electron chi connectivity index (χ0n) is 10.7. The Labute approximate surface area is 109 Å². The Kier molecular flexibility index (Phi) is 6.12. The fraction of sp³-hybridized carbons (Fsp3) is 0.600. The van der Waals surface area contributed by atoms with E-state index >= 15 is 0 Å². The molecule has 0 aliphatic heterocycles. The van der Waals surface area contributed by atoms with E-state index in [1.165, 1.54) is 43.2 Å². The lowest BCUT2D eigenvalue weighted by molar-refractivity contribution is 0.653. The van der Waals surface area contributed by atoms with Crippen LogP contribution in [-0.2, 0) is 6.42 Å². The van der Waals surface area contributed by atoms with Crippen LogP contribution in [0.1, 0.15) is 49.3 Å². The van der Waals surface area contributed by atoms with Crippen molar-refractivity contribution in [2.45, 2.75) is 57.7 Å². The molecule has 0 radical (unpaired) electrons. The van der Waals surface area contributed by atoms with Gasteiger partial charge in [0.15, 0.2) is 0 Å². The summed E-state index contributed by atoms with van der Waals surface area (Å²) in [7, 11) is 0. The molecule has 0 aliphatic rings. The van der Waals surface area contributed by atoms with Crippen molar-refractivity contribution in [2.75, 3.05) is 0 Å². The van der Waals surface area contributed by atoms with E-state index in [1.54, 1.807) is 5.56 Å². The highest BCUT2D eigenvalue weighted by Gasteiger charge is 2.05. The molecular weight excluding hydrogens is 260 g/mol. The van der Waals surface area contributed by atoms with Crippen molar-refractivity contribution in [1.29, 1.82) is 0 Å². The second kappa shape index (κ2) is 7.11. The van der Waals surface area contributed by atoms with E-state index in [1.807, 2.05) is 0 Å². The lowest BCUT2D eigenvalue weighted by Crippen LogP contribution is -2.00. The summed E-state index contributed by atoms with van der Waals surface area (Å²) < 4.78 is 0. The molecule has 1 heteroatoms. The predicted molar refractivity (Wildman–Crippen MR) is 76.5 cm³/mol. The molecule has 90 valence electrons. The van der Waals surface area contributed by atoms with Gasteiger partial charge in [-0.3, -0.25) is 0 Å². The van der Waals surface area contributed by atoms with Crippen molar-refractivity contribution in [3.63, 3.8) is 0 Å². The Balaban J connectivity index is 2.43. The molecule has 1 aromatic carbocycles. The van der Waals surface area contributed by atoms with E-state index in [2.05, 4.69) is 54.9 Å². The van der Waals surface area contributed by atoms with Crippen molar-refractivity contribution >= 4 is 15.9 Å². The molecule has 0 bridgehead atoms. The van der Waals surface area contributed by atoms with Gasteiger partial charge in [-0.1, -0.05) is 47.5 Å². The third kappa shape index (κ3) is 4.29. The van der Waals surface area contributed by atoms with Crippen LogP contribution in [0.3, 0.4) is 0 Å². The van der Waals surface area contributed by atoms with Crippen molar-refractivity contribution in [3.8, 4) is 0 Å². The van der Waals surface area contributed by atoms with Crippen molar-refractivity contribution in [1.82, 2.24) is 0 Å². The Bertz CT molecular complexity index is 297. The molecule has 1 atom stereocenters. The van der Waals surface area contributed by atoms with E-state index in [0.29, 0.717) is 4.83 Å². The summed E-state index contributed by atoms with van der Waals surface area (Å²) in [5.41, 5.74) is 4.45. The average molecular weight is 283 g/mol. The van der Waals surface area contributed by atoms with Gasteiger partial charge in [0.05, 0.1) is 0 Å². The van der Waals surface area contributed by atoms with Crippen LogP contribution in [0.15, 0.2) is 18.2 Å². The fourth-order valence-electron chi connectivity index (χ4n) is 2.20. The Morgan fingerprint density at radius 2 is 1.75 bits per heavy atom. The molecule has 0 saturated heterocycles. The van der Waals surface area contributed by atoms with Crippen LogP contribution in [0.2, 0.25) is 0 Å². The second-order valence-corrected chi connectivity index (χ2v) is 5.94. The van der Waals surface area contributed by atoms with Gasteiger partial charge in [-0.05, 0) is 56.2 Å². The van der Waals surface area contributed by atoms with Crippen LogP contribution in [0, 0.1) is 13.8 Å². The monoisotopic (exact) mass is 282 g/mol. The minimum atomic E-state index is 0.710. The smallest absolute Gasteiger partial charge is 0.0145 e. The van der Waals surface area contributed by atoms with E-state index in [-0.39, 0.29) is 0 Å². The summed E-state index contributed by atoms with van der Waals surface area (Å²) in [4.78, 5) is 0.710. The molecule has 0 N–H and O–H groups in total.